The van der Waals surface area contributed by atoms with Gasteiger partial charge in [-0.05, 0) is 80.5 Å². The van der Waals surface area contributed by atoms with E-state index in [9.17, 15) is 14.4 Å². The normalized spacial score (nSPS) is 11.3. The number of thiophene rings is 1. The molecule has 10 heteroatoms. The second kappa shape index (κ2) is 14.8. The van der Waals surface area contributed by atoms with Crippen LogP contribution in [-0.2, 0) is 9.53 Å². The van der Waals surface area contributed by atoms with Crippen LogP contribution in [0.4, 0.5) is 16.4 Å². The Bertz CT molecular complexity index is 1570. The van der Waals surface area contributed by atoms with E-state index in [4.69, 9.17) is 17.0 Å². The number of thiocarbonyl (C=S) groups is 1. The quantitative estimate of drug-likeness (QED) is 0.0672. The van der Waals surface area contributed by atoms with Gasteiger partial charge in [-0.25, -0.2) is 4.79 Å². The Kier molecular flexibility index (Phi) is 10.9. The van der Waals surface area contributed by atoms with E-state index in [-0.39, 0.29) is 18.3 Å². The van der Waals surface area contributed by atoms with Crippen molar-refractivity contribution >= 4 is 74.5 Å². The van der Waals surface area contributed by atoms with E-state index in [2.05, 4.69) is 16.0 Å². The first kappa shape index (κ1) is 31.0. The number of ether oxygens (including phenoxy) is 1. The molecule has 3 N–H and O–H groups in total. The minimum atomic E-state index is -0.466. The highest BCUT2D eigenvalue weighted by molar-refractivity contribution is 8.00. The zero-order valence-electron chi connectivity index (χ0n) is 23.4. The van der Waals surface area contributed by atoms with Gasteiger partial charge in [0, 0.05) is 32.8 Å². The van der Waals surface area contributed by atoms with Gasteiger partial charge in [0.1, 0.15) is 10.6 Å². The molecule has 3 aromatic carbocycles. The zero-order valence-corrected chi connectivity index (χ0v) is 25.9. The molecule has 0 aliphatic rings. The highest BCUT2D eigenvalue weighted by Gasteiger charge is 2.25. The number of Topliss-reactive ketones (excluding diaryl/α,β-unsaturated/α-hetero) is 1. The summed E-state index contributed by atoms with van der Waals surface area (Å²) in [5, 5.41) is 11.6. The summed E-state index contributed by atoms with van der Waals surface area (Å²) >= 11 is 8.21. The molecule has 0 radical (unpaired) electrons. The van der Waals surface area contributed by atoms with Crippen molar-refractivity contribution < 1.29 is 19.1 Å². The van der Waals surface area contributed by atoms with E-state index < -0.39 is 11.2 Å². The first-order valence-electron chi connectivity index (χ1n) is 13.4. The van der Waals surface area contributed by atoms with Gasteiger partial charge < -0.3 is 20.7 Å². The van der Waals surface area contributed by atoms with E-state index in [0.29, 0.717) is 27.7 Å². The molecule has 1 amide bonds. The Morgan fingerprint density at radius 3 is 2.29 bits per heavy atom. The second-order valence-electron chi connectivity index (χ2n) is 9.18. The number of benzene rings is 3. The summed E-state index contributed by atoms with van der Waals surface area (Å²) in [7, 11) is 0. The fourth-order valence-corrected chi connectivity index (χ4v) is 6.30. The van der Waals surface area contributed by atoms with Crippen molar-refractivity contribution in [2.45, 2.75) is 37.3 Å². The van der Waals surface area contributed by atoms with Crippen LogP contribution < -0.4 is 16.0 Å². The molecule has 4 rings (SSSR count). The Morgan fingerprint density at radius 1 is 0.905 bits per heavy atom. The lowest BCUT2D eigenvalue weighted by Gasteiger charge is -2.16. The van der Waals surface area contributed by atoms with Crippen LogP contribution in [0.5, 0.6) is 0 Å². The standard InChI is InChI=1S/C32H31N3O4S3/c1-4-27(29(37)35-30-28(31(38)39-5-2)26(19-41-30)22-10-7-6-8-11-22)42-25-13-9-12-24(18-25)34-32(40)33-23-16-14-21(15-17-23)20(3)36/h6-19,27H,4-5H2,1-3H3,(H,35,37)(H2,33,34,40). The lowest BCUT2D eigenvalue weighted by molar-refractivity contribution is -0.115. The van der Waals surface area contributed by atoms with Crippen LogP contribution in [-0.4, -0.2) is 34.6 Å². The molecule has 0 fully saturated rings. The Hall–Kier alpha value is -3.99. The molecule has 1 unspecified atom stereocenters. The molecule has 42 heavy (non-hydrogen) atoms. The smallest absolute Gasteiger partial charge is 0.341 e. The number of anilines is 3. The van der Waals surface area contributed by atoms with Crippen molar-refractivity contribution in [3.8, 4) is 11.1 Å². The number of carbonyl (C=O) groups is 3. The zero-order chi connectivity index (χ0) is 30.1. The predicted molar refractivity (Wildman–Crippen MR) is 177 cm³/mol. The molecule has 1 aromatic heterocycles. The minimum Gasteiger partial charge on any atom is -0.462 e. The van der Waals surface area contributed by atoms with Crippen molar-refractivity contribution in [2.24, 2.45) is 0 Å². The highest BCUT2D eigenvalue weighted by atomic mass is 32.2. The van der Waals surface area contributed by atoms with Crippen LogP contribution in [0.1, 0.15) is 47.9 Å². The first-order valence-corrected chi connectivity index (χ1v) is 15.6. The van der Waals surface area contributed by atoms with E-state index in [0.717, 1.165) is 27.4 Å². The number of hydrogen-bond acceptors (Lipinski definition) is 7. The van der Waals surface area contributed by atoms with E-state index in [1.165, 1.54) is 30.0 Å². The van der Waals surface area contributed by atoms with Crippen molar-refractivity contribution in [2.75, 3.05) is 22.6 Å². The lowest BCUT2D eigenvalue weighted by atomic mass is 10.0. The summed E-state index contributed by atoms with van der Waals surface area (Å²) in [5.74, 6) is -0.659. The maximum absolute atomic E-state index is 13.4. The van der Waals surface area contributed by atoms with Crippen LogP contribution in [0, 0.1) is 0 Å². The summed E-state index contributed by atoms with van der Waals surface area (Å²) in [6.07, 6.45) is 0.579. The molecule has 1 heterocycles. The minimum absolute atomic E-state index is 0.00222. The number of nitrogens with one attached hydrogen (secondary N) is 3. The summed E-state index contributed by atoms with van der Waals surface area (Å²) in [6, 6.07) is 24.3. The maximum atomic E-state index is 13.4. The number of rotatable bonds is 11. The van der Waals surface area contributed by atoms with Gasteiger partial charge in [-0.15, -0.1) is 23.1 Å². The Labute approximate surface area is 259 Å². The van der Waals surface area contributed by atoms with Crippen molar-refractivity contribution in [1.82, 2.24) is 0 Å². The van der Waals surface area contributed by atoms with E-state index in [1.807, 2.05) is 66.9 Å². The fourth-order valence-electron chi connectivity index (χ4n) is 4.09. The molecule has 216 valence electrons. The van der Waals surface area contributed by atoms with Gasteiger partial charge in [0.2, 0.25) is 5.91 Å². The summed E-state index contributed by atoms with van der Waals surface area (Å²) in [5.41, 5.74) is 4.13. The molecule has 4 aromatic rings. The van der Waals surface area contributed by atoms with Crippen LogP contribution in [0.2, 0.25) is 0 Å². The first-order chi connectivity index (χ1) is 20.3. The van der Waals surface area contributed by atoms with Crippen molar-refractivity contribution in [3.05, 3.63) is 95.4 Å². The van der Waals surface area contributed by atoms with Gasteiger partial charge in [-0.3, -0.25) is 9.59 Å². The van der Waals surface area contributed by atoms with E-state index >= 15 is 0 Å². The van der Waals surface area contributed by atoms with Crippen LogP contribution in [0.3, 0.4) is 0 Å². The summed E-state index contributed by atoms with van der Waals surface area (Å²) < 4.78 is 5.33. The molecule has 1 atom stereocenters. The molecule has 0 aliphatic heterocycles. The largest absolute Gasteiger partial charge is 0.462 e. The van der Waals surface area contributed by atoms with Gasteiger partial charge in [0.15, 0.2) is 10.9 Å². The number of amides is 1. The Balaban J connectivity index is 1.44. The summed E-state index contributed by atoms with van der Waals surface area (Å²) in [4.78, 5) is 38.7. The van der Waals surface area contributed by atoms with Crippen molar-refractivity contribution in [1.29, 1.82) is 0 Å². The molecule has 0 saturated carbocycles. The molecular weight excluding hydrogens is 587 g/mol. The molecule has 0 spiro atoms. The molecule has 0 bridgehead atoms. The predicted octanol–water partition coefficient (Wildman–Crippen LogP) is 8.11. The molecule has 0 aliphatic carbocycles. The van der Waals surface area contributed by atoms with Crippen LogP contribution >= 0.6 is 35.3 Å². The Morgan fingerprint density at radius 2 is 1.62 bits per heavy atom. The third-order valence-electron chi connectivity index (χ3n) is 6.17. The van der Waals surface area contributed by atoms with Gasteiger partial charge in [-0.2, -0.15) is 0 Å². The third-order valence-corrected chi connectivity index (χ3v) is 8.63. The van der Waals surface area contributed by atoms with E-state index in [1.54, 1.807) is 31.2 Å². The average Bonchev–Trinajstić information content (AvgIpc) is 3.40. The van der Waals surface area contributed by atoms with Crippen LogP contribution in [0.25, 0.3) is 11.1 Å². The van der Waals surface area contributed by atoms with Crippen molar-refractivity contribution in [3.63, 3.8) is 0 Å². The monoisotopic (exact) mass is 617 g/mol. The molecular formula is C32H31N3O4S3. The lowest BCUT2D eigenvalue weighted by Crippen LogP contribution is -2.25. The number of thioether (sulfide) groups is 1. The summed E-state index contributed by atoms with van der Waals surface area (Å²) in [6.45, 7) is 5.47. The van der Waals surface area contributed by atoms with Gasteiger partial charge in [0.25, 0.3) is 0 Å². The van der Waals surface area contributed by atoms with Gasteiger partial charge >= 0.3 is 5.97 Å². The third kappa shape index (κ3) is 8.06. The number of esters is 1. The molecule has 0 saturated heterocycles. The molecule has 7 nitrogen and oxygen atoms in total. The fraction of sp³-hybridized carbons (Fsp3) is 0.188. The maximum Gasteiger partial charge on any atom is 0.341 e. The van der Waals surface area contributed by atoms with Gasteiger partial charge in [0.05, 0.1) is 11.9 Å². The van der Waals surface area contributed by atoms with Crippen LogP contribution in [0.15, 0.2) is 89.1 Å². The number of carbonyl (C=O) groups excluding carboxylic acids is 3. The highest BCUT2D eigenvalue weighted by Crippen LogP contribution is 2.37. The topological polar surface area (TPSA) is 96.5 Å². The second-order valence-corrected chi connectivity index (χ2v) is 11.7. The van der Waals surface area contributed by atoms with Gasteiger partial charge in [-0.1, -0.05) is 43.3 Å². The SMILES string of the molecule is CCOC(=O)c1c(-c2ccccc2)csc1NC(=O)C(CC)Sc1cccc(NC(=S)Nc2ccc(C(C)=O)cc2)c1. The average molecular weight is 618 g/mol. The number of hydrogen-bond donors (Lipinski definition) is 3. The number of ketones is 1.